The van der Waals surface area contributed by atoms with E-state index in [-0.39, 0.29) is 0 Å². The molecule has 16 aromatic rings. The first-order chi connectivity index (χ1) is 46.9. The maximum Gasteiger partial charge on any atom is 0.143 e. The fourth-order valence-corrected chi connectivity index (χ4v) is 14.3. The zero-order valence-corrected chi connectivity index (χ0v) is 61.0. The Morgan fingerprint density at radius 2 is 0.562 bits per heavy atom. The van der Waals surface area contributed by atoms with Crippen molar-refractivity contribution in [2.75, 3.05) is 0 Å². The van der Waals surface area contributed by atoms with Crippen LogP contribution < -0.4 is 0 Å². The van der Waals surface area contributed by atoms with Gasteiger partial charge in [0, 0.05) is 67.5 Å². The second kappa shape index (κ2) is 33.9. The smallest absolute Gasteiger partial charge is 0.143 e. The van der Waals surface area contributed by atoms with E-state index in [4.69, 9.17) is 8.83 Å². The first-order valence-corrected chi connectivity index (χ1v) is 36.6. The predicted molar refractivity (Wildman–Crippen MR) is 430 cm³/mol. The van der Waals surface area contributed by atoms with Crippen LogP contribution in [0.4, 0.5) is 0 Å². The average molecular weight is 1300 g/mol. The second-order valence-corrected chi connectivity index (χ2v) is 26.4. The third-order valence-corrected chi connectivity index (χ3v) is 19.5. The minimum Gasteiger partial charge on any atom is -0.456 e. The van der Waals surface area contributed by atoms with Gasteiger partial charge in [-0.1, -0.05) is 329 Å². The number of benzene rings is 12. The molecule has 0 radical (unpaired) electrons. The number of thiophene rings is 2. The van der Waals surface area contributed by atoms with Crippen LogP contribution in [0.2, 0.25) is 0 Å². The van der Waals surface area contributed by atoms with Crippen molar-refractivity contribution in [3.8, 4) is 44.5 Å². The summed E-state index contributed by atoms with van der Waals surface area (Å²) in [5, 5.41) is 10.2. The van der Waals surface area contributed by atoms with E-state index in [9.17, 15) is 0 Å². The van der Waals surface area contributed by atoms with E-state index in [1.807, 2.05) is 102 Å². The van der Waals surface area contributed by atoms with E-state index in [2.05, 4.69) is 298 Å². The first kappa shape index (κ1) is 71.0. The van der Waals surface area contributed by atoms with Gasteiger partial charge in [-0.2, -0.15) is 0 Å². The van der Waals surface area contributed by atoms with E-state index in [0.717, 1.165) is 27.9 Å². The van der Waals surface area contributed by atoms with Crippen LogP contribution in [0.5, 0.6) is 0 Å². The Labute approximate surface area is 579 Å². The van der Waals surface area contributed by atoms with E-state index >= 15 is 0 Å². The lowest BCUT2D eigenvalue weighted by atomic mass is 9.98. The van der Waals surface area contributed by atoms with Crippen molar-refractivity contribution in [3.05, 3.63) is 289 Å². The van der Waals surface area contributed by atoms with E-state index in [0.29, 0.717) is 23.7 Å². The van der Waals surface area contributed by atoms with Gasteiger partial charge in [0.1, 0.15) is 22.3 Å². The summed E-state index contributed by atoms with van der Waals surface area (Å²) in [6.45, 7) is 33.8. The van der Waals surface area contributed by atoms with Gasteiger partial charge in [0.25, 0.3) is 0 Å². The largest absolute Gasteiger partial charge is 0.456 e. The molecule has 0 N–H and O–H groups in total. The number of para-hydroxylation sites is 3. The Balaban J connectivity index is 0.000000145. The zero-order chi connectivity index (χ0) is 68.4. The molecule has 0 spiro atoms. The lowest BCUT2D eigenvalue weighted by Gasteiger charge is -2.08. The highest BCUT2D eigenvalue weighted by Gasteiger charge is 2.15. The van der Waals surface area contributed by atoms with E-state index in [1.165, 1.54) is 123 Å². The van der Waals surface area contributed by atoms with Gasteiger partial charge in [-0.15, -0.1) is 22.7 Å². The van der Waals surface area contributed by atoms with Crippen molar-refractivity contribution in [1.29, 1.82) is 0 Å². The summed E-state index contributed by atoms with van der Waals surface area (Å²) in [5.41, 5.74) is 19.4. The molecule has 0 amide bonds. The number of rotatable bonds is 8. The van der Waals surface area contributed by atoms with Gasteiger partial charge in [-0.25, -0.2) is 0 Å². The minimum absolute atomic E-state index is 0.552. The molecule has 0 aliphatic heterocycles. The van der Waals surface area contributed by atoms with Gasteiger partial charge < -0.3 is 8.83 Å². The van der Waals surface area contributed by atoms with Crippen molar-refractivity contribution in [3.63, 3.8) is 0 Å². The molecule has 0 fully saturated rings. The Kier molecular flexibility index (Phi) is 25.0. The number of hydrogen-bond donors (Lipinski definition) is 0. The monoisotopic (exact) mass is 1300 g/mol. The molecule has 0 bridgehead atoms. The van der Waals surface area contributed by atoms with Crippen LogP contribution in [-0.4, -0.2) is 0 Å². The molecule has 4 heteroatoms. The molecule has 0 atom stereocenters. The fraction of sp³-hybridized carbons (Fsp3) is 0.217. The third-order valence-electron chi connectivity index (χ3n) is 17.2. The molecule has 0 aliphatic carbocycles. The second-order valence-electron chi connectivity index (χ2n) is 24.3. The summed E-state index contributed by atoms with van der Waals surface area (Å²) in [6, 6.07) is 95.7. The Morgan fingerprint density at radius 3 is 1.06 bits per heavy atom. The Bertz CT molecular complexity index is 4720. The SMILES string of the molecule is CC.CC.CC.CC.CC(C)c1ccc(-c2ccc3oc4ccccc4c3c2)cc1.CC(C)c1ccc(-c2ccc3sc4ccccc4c3c2)cc1.CC(C)c1ccc(-c2cccc3c2oc2ccccc23)cc1.CC(C)c1ccc(-c2cccc3c2sc2ccccc23)cc1. The van der Waals surface area contributed by atoms with E-state index in [1.54, 1.807) is 0 Å². The summed E-state index contributed by atoms with van der Waals surface area (Å²) >= 11 is 3.77. The van der Waals surface area contributed by atoms with Gasteiger partial charge in [0.15, 0.2) is 0 Å². The Hall–Kier alpha value is -9.32. The molecule has 488 valence electrons. The van der Waals surface area contributed by atoms with Gasteiger partial charge in [0.05, 0.1) is 0 Å². The molecular formula is C92H96O2S2. The molecule has 96 heavy (non-hydrogen) atoms. The molecule has 12 aromatic carbocycles. The highest BCUT2D eigenvalue weighted by atomic mass is 32.1. The van der Waals surface area contributed by atoms with Crippen molar-refractivity contribution < 1.29 is 8.83 Å². The van der Waals surface area contributed by atoms with Crippen molar-refractivity contribution in [1.82, 2.24) is 0 Å². The normalized spacial score (nSPS) is 10.9. The van der Waals surface area contributed by atoms with Gasteiger partial charge in [0.2, 0.25) is 0 Å². The van der Waals surface area contributed by atoms with Crippen molar-refractivity contribution in [2.24, 2.45) is 0 Å². The maximum atomic E-state index is 6.12. The Morgan fingerprint density at radius 1 is 0.229 bits per heavy atom. The number of furan rings is 2. The fourth-order valence-electron chi connectivity index (χ4n) is 12.0. The van der Waals surface area contributed by atoms with Crippen molar-refractivity contribution >= 4 is 107 Å². The quantitative estimate of drug-likeness (QED) is 0.152. The highest BCUT2D eigenvalue weighted by Crippen LogP contribution is 2.42. The molecule has 0 unspecified atom stereocenters. The summed E-state index contributed by atoms with van der Waals surface area (Å²) in [7, 11) is 0. The first-order valence-electron chi connectivity index (χ1n) is 35.0. The average Bonchev–Trinajstić information content (AvgIpc) is 1.64. The summed E-state index contributed by atoms with van der Waals surface area (Å²) < 4.78 is 17.5. The lowest BCUT2D eigenvalue weighted by Crippen LogP contribution is -1.86. The molecule has 4 heterocycles. The highest BCUT2D eigenvalue weighted by molar-refractivity contribution is 7.26. The maximum absolute atomic E-state index is 6.12. The zero-order valence-electron chi connectivity index (χ0n) is 59.3. The van der Waals surface area contributed by atoms with Crippen LogP contribution >= 0.6 is 22.7 Å². The predicted octanol–water partition coefficient (Wildman–Crippen LogP) is 30.5. The summed E-state index contributed by atoms with van der Waals surface area (Å²) in [4.78, 5) is 0. The molecule has 0 aliphatic rings. The van der Waals surface area contributed by atoms with E-state index < -0.39 is 0 Å². The number of hydrogen-bond acceptors (Lipinski definition) is 4. The van der Waals surface area contributed by atoms with Gasteiger partial charge in [-0.3, -0.25) is 0 Å². The molecular weight excluding hydrogens is 1200 g/mol. The molecule has 4 aromatic heterocycles. The van der Waals surface area contributed by atoms with Crippen LogP contribution in [0.1, 0.15) is 157 Å². The van der Waals surface area contributed by atoms with Crippen LogP contribution in [0.15, 0.2) is 276 Å². The summed E-state index contributed by atoms with van der Waals surface area (Å²) in [5.74, 6) is 2.27. The standard InChI is InChI=1S/2C21H18O.2C21H18S.4C2H6/c1-14(2)15-10-12-16(13-11-15)17-7-5-8-19-18-6-3-4-9-20(18)22-21(17)19;1-14(2)15-7-9-16(10-8-15)17-11-12-21-19(13-17)18-5-3-4-6-20(18)22-21;1-14(2)15-10-12-16(13-11-15)17-7-5-8-19-18-6-3-4-9-20(18)22-21(17)19;1-14(2)15-7-9-16(10-8-15)17-11-12-21-19(13-17)18-5-3-4-6-20(18)22-21;4*1-2/h4*3-14H,1-2H3;4*1-2H3. The van der Waals surface area contributed by atoms with Crippen LogP contribution in [0, 0.1) is 0 Å². The molecule has 16 rings (SSSR count). The molecule has 0 saturated heterocycles. The molecule has 2 nitrogen and oxygen atoms in total. The topological polar surface area (TPSA) is 26.3 Å². The van der Waals surface area contributed by atoms with Crippen LogP contribution in [-0.2, 0) is 0 Å². The van der Waals surface area contributed by atoms with Gasteiger partial charge >= 0.3 is 0 Å². The summed E-state index contributed by atoms with van der Waals surface area (Å²) in [6.07, 6.45) is 0. The molecule has 0 saturated carbocycles. The third kappa shape index (κ3) is 16.0. The lowest BCUT2D eigenvalue weighted by molar-refractivity contribution is 0.669. The minimum atomic E-state index is 0.552. The van der Waals surface area contributed by atoms with Gasteiger partial charge in [-0.05, 0) is 133 Å². The van der Waals surface area contributed by atoms with Crippen LogP contribution in [0.3, 0.4) is 0 Å². The van der Waals surface area contributed by atoms with Crippen LogP contribution in [0.25, 0.3) is 129 Å². The number of fused-ring (bicyclic) bond motifs is 12. The van der Waals surface area contributed by atoms with Crippen molar-refractivity contribution in [2.45, 2.75) is 134 Å².